The van der Waals surface area contributed by atoms with Crippen molar-refractivity contribution in [2.75, 3.05) is 13.2 Å². The number of aliphatic hydroxyl groups is 3. The molecule has 0 aromatic carbocycles. The second-order valence-corrected chi connectivity index (χ2v) is 4.82. The van der Waals surface area contributed by atoms with Gasteiger partial charge >= 0.3 is 0 Å². The summed E-state index contributed by atoms with van der Waals surface area (Å²) >= 11 is 0. The molecular weight excluding hydrogens is 260 g/mol. The highest BCUT2D eigenvalue weighted by molar-refractivity contribution is 5.81. The van der Waals surface area contributed by atoms with Crippen molar-refractivity contribution in [3.05, 3.63) is 0 Å². The fourth-order valence-electron chi connectivity index (χ4n) is 1.68. The van der Waals surface area contributed by atoms with Gasteiger partial charge in [0.1, 0.15) is 6.10 Å². The lowest BCUT2D eigenvalue weighted by atomic mass is 10.0. The van der Waals surface area contributed by atoms with Crippen molar-refractivity contribution < 1.29 is 20.1 Å². The van der Waals surface area contributed by atoms with Crippen LogP contribution in [-0.4, -0.2) is 58.8 Å². The number of nitrogens with one attached hydrogen (secondary N) is 1. The van der Waals surface area contributed by atoms with Gasteiger partial charge in [0.05, 0.1) is 12.1 Å². The molecule has 6 nitrogen and oxygen atoms in total. The maximum absolute atomic E-state index is 11.6. The Morgan fingerprint density at radius 3 is 2.55 bits per heavy atom. The van der Waals surface area contributed by atoms with Gasteiger partial charge in [-0.15, -0.1) is 0 Å². The Balaban J connectivity index is 4.59. The van der Waals surface area contributed by atoms with Gasteiger partial charge in [0, 0.05) is 25.8 Å². The average Bonchev–Trinajstić information content (AvgIpc) is 2.42. The van der Waals surface area contributed by atoms with E-state index in [2.05, 4.69) is 17.2 Å². The molecule has 20 heavy (non-hydrogen) atoms. The van der Waals surface area contributed by atoms with Gasteiger partial charge in [0.2, 0.25) is 5.91 Å². The summed E-state index contributed by atoms with van der Waals surface area (Å²) < 4.78 is 0. The second kappa shape index (κ2) is 11.8. The second-order valence-electron chi connectivity index (χ2n) is 4.82. The first-order chi connectivity index (χ1) is 9.56. The van der Waals surface area contributed by atoms with Crippen LogP contribution in [0.1, 0.15) is 46.0 Å². The predicted molar refractivity (Wildman–Crippen MR) is 78.8 cm³/mol. The number of unbranched alkanes of at least 4 members (excludes halogenated alkanes) is 1. The molecule has 0 radical (unpaired) electrons. The lowest BCUT2D eigenvalue weighted by Gasteiger charge is -2.24. The van der Waals surface area contributed by atoms with Crippen LogP contribution >= 0.6 is 0 Å². The van der Waals surface area contributed by atoms with E-state index in [0.717, 1.165) is 12.8 Å². The van der Waals surface area contributed by atoms with Crippen molar-refractivity contribution in [1.82, 2.24) is 5.32 Å². The molecule has 6 heteroatoms. The largest absolute Gasteiger partial charge is 0.396 e. The van der Waals surface area contributed by atoms with E-state index in [1.165, 1.54) is 6.21 Å². The van der Waals surface area contributed by atoms with E-state index >= 15 is 0 Å². The van der Waals surface area contributed by atoms with Gasteiger partial charge in [0.25, 0.3) is 0 Å². The maximum atomic E-state index is 11.6. The van der Waals surface area contributed by atoms with Gasteiger partial charge in [-0.05, 0) is 19.3 Å². The normalized spacial score (nSPS) is 16.1. The Bertz CT molecular complexity index is 284. The minimum atomic E-state index is -1.17. The van der Waals surface area contributed by atoms with Crippen molar-refractivity contribution in [3.63, 3.8) is 0 Å². The fraction of sp³-hybridized carbons (Fsp3) is 0.857. The summed E-state index contributed by atoms with van der Waals surface area (Å²) in [6.45, 7) is 4.34. The molecule has 4 N–H and O–H groups in total. The van der Waals surface area contributed by atoms with Crippen LogP contribution in [0.3, 0.4) is 0 Å². The van der Waals surface area contributed by atoms with Gasteiger partial charge in [0.15, 0.2) is 0 Å². The minimum absolute atomic E-state index is 0.0596. The number of carbonyl (C=O) groups excluding carboxylic acids is 1. The minimum Gasteiger partial charge on any atom is -0.396 e. The Labute approximate surface area is 120 Å². The monoisotopic (exact) mass is 288 g/mol. The zero-order valence-electron chi connectivity index (χ0n) is 12.5. The van der Waals surface area contributed by atoms with E-state index in [-0.39, 0.29) is 18.9 Å². The van der Waals surface area contributed by atoms with E-state index < -0.39 is 18.2 Å². The van der Waals surface area contributed by atoms with Gasteiger partial charge < -0.3 is 20.6 Å². The van der Waals surface area contributed by atoms with Crippen LogP contribution in [0, 0.1) is 0 Å². The maximum Gasteiger partial charge on any atom is 0.220 e. The summed E-state index contributed by atoms with van der Waals surface area (Å²) in [4.78, 5) is 15.8. The van der Waals surface area contributed by atoms with Crippen molar-refractivity contribution in [1.29, 1.82) is 0 Å². The standard InChI is InChI=1S/C14H28N2O4/c1-3-5-8-15-10-11(16-13(19)6-4-2)14(20)12(18)7-9-17/h10-12,14,17-18,20H,3-9H2,1-2H3,(H,16,19)/t11-,12+,14+/m0/s1. The van der Waals surface area contributed by atoms with Gasteiger partial charge in [-0.2, -0.15) is 0 Å². The SMILES string of the molecule is CCCCN=C[C@H](NC(=O)CCC)[C@@H](O)[C@H](O)CCO. The number of carbonyl (C=O) groups is 1. The van der Waals surface area contributed by atoms with E-state index in [1.54, 1.807) is 0 Å². The van der Waals surface area contributed by atoms with Crippen LogP contribution < -0.4 is 5.32 Å². The number of aliphatic imine (C=N–C) groups is 1. The summed E-state index contributed by atoms with van der Waals surface area (Å²) in [6, 6.07) is -0.729. The predicted octanol–water partition coefficient (Wildman–Crippen LogP) is 0.246. The molecule has 0 saturated heterocycles. The van der Waals surface area contributed by atoms with Crippen LogP contribution in [0.15, 0.2) is 4.99 Å². The van der Waals surface area contributed by atoms with Crippen LogP contribution in [0.5, 0.6) is 0 Å². The van der Waals surface area contributed by atoms with Crippen molar-refractivity contribution in [2.45, 2.75) is 64.2 Å². The number of hydrogen-bond donors (Lipinski definition) is 4. The van der Waals surface area contributed by atoms with E-state index in [4.69, 9.17) is 5.11 Å². The van der Waals surface area contributed by atoms with Crippen LogP contribution in [0.2, 0.25) is 0 Å². The van der Waals surface area contributed by atoms with E-state index in [0.29, 0.717) is 19.4 Å². The molecule has 0 saturated carbocycles. The highest BCUT2D eigenvalue weighted by Gasteiger charge is 2.25. The van der Waals surface area contributed by atoms with Crippen LogP contribution in [-0.2, 0) is 4.79 Å². The molecule has 0 aromatic rings. The summed E-state index contributed by atoms with van der Waals surface area (Å²) in [6.07, 6.45) is 2.29. The molecule has 0 unspecified atom stereocenters. The Hall–Kier alpha value is -0.980. The Kier molecular flexibility index (Phi) is 11.2. The number of hydrogen-bond acceptors (Lipinski definition) is 5. The zero-order chi connectivity index (χ0) is 15.4. The summed E-state index contributed by atoms with van der Waals surface area (Å²) in [5.41, 5.74) is 0. The summed E-state index contributed by atoms with van der Waals surface area (Å²) in [5, 5.41) is 31.2. The topological polar surface area (TPSA) is 102 Å². The molecule has 0 aliphatic carbocycles. The summed E-state index contributed by atoms with van der Waals surface area (Å²) in [7, 11) is 0. The third-order valence-corrected chi connectivity index (χ3v) is 2.90. The highest BCUT2D eigenvalue weighted by atomic mass is 16.3. The first-order valence-electron chi connectivity index (χ1n) is 7.33. The molecule has 0 rings (SSSR count). The molecule has 0 bridgehead atoms. The van der Waals surface area contributed by atoms with E-state index in [9.17, 15) is 15.0 Å². The summed E-state index contributed by atoms with van der Waals surface area (Å²) in [5.74, 6) is -0.185. The molecule has 0 aliphatic rings. The Morgan fingerprint density at radius 1 is 1.30 bits per heavy atom. The smallest absolute Gasteiger partial charge is 0.220 e. The zero-order valence-corrected chi connectivity index (χ0v) is 12.5. The third kappa shape index (κ3) is 8.24. The molecule has 0 spiro atoms. The number of aliphatic hydroxyl groups excluding tert-OH is 3. The van der Waals surface area contributed by atoms with Crippen molar-refractivity contribution in [3.8, 4) is 0 Å². The average molecular weight is 288 g/mol. The fourth-order valence-corrected chi connectivity index (χ4v) is 1.68. The quantitative estimate of drug-likeness (QED) is 0.323. The number of amides is 1. The molecule has 0 heterocycles. The lowest BCUT2D eigenvalue weighted by molar-refractivity contribution is -0.122. The van der Waals surface area contributed by atoms with Crippen molar-refractivity contribution in [2.24, 2.45) is 4.99 Å². The van der Waals surface area contributed by atoms with Gasteiger partial charge in [-0.1, -0.05) is 20.3 Å². The molecule has 3 atom stereocenters. The lowest BCUT2D eigenvalue weighted by Crippen LogP contribution is -2.49. The van der Waals surface area contributed by atoms with Crippen molar-refractivity contribution >= 4 is 12.1 Å². The first-order valence-corrected chi connectivity index (χ1v) is 7.33. The highest BCUT2D eigenvalue weighted by Crippen LogP contribution is 2.04. The molecule has 118 valence electrons. The Morgan fingerprint density at radius 2 is 2.00 bits per heavy atom. The molecule has 0 aliphatic heterocycles. The molecular formula is C14H28N2O4. The first kappa shape index (κ1) is 19.0. The third-order valence-electron chi connectivity index (χ3n) is 2.90. The van der Waals surface area contributed by atoms with Gasteiger partial charge in [-0.25, -0.2) is 0 Å². The van der Waals surface area contributed by atoms with Gasteiger partial charge in [-0.3, -0.25) is 9.79 Å². The van der Waals surface area contributed by atoms with E-state index in [1.807, 2.05) is 6.92 Å². The van der Waals surface area contributed by atoms with Crippen LogP contribution in [0.4, 0.5) is 0 Å². The molecule has 0 fully saturated rings. The molecule has 0 aromatic heterocycles. The number of nitrogens with zero attached hydrogens (tertiary/aromatic N) is 1. The molecule has 1 amide bonds. The van der Waals surface area contributed by atoms with Crippen LogP contribution in [0.25, 0.3) is 0 Å². The number of rotatable bonds is 11.